The molecular formula is C12H21N3O2S2. The number of aromatic amines is 1. The Labute approximate surface area is 119 Å². The Morgan fingerprint density at radius 2 is 2.32 bits per heavy atom. The van der Waals surface area contributed by atoms with Crippen LogP contribution in [0.25, 0.3) is 0 Å². The van der Waals surface area contributed by atoms with Crippen LogP contribution in [-0.4, -0.2) is 37.0 Å². The quantitative estimate of drug-likeness (QED) is 0.740. The molecule has 5 nitrogen and oxygen atoms in total. The van der Waals surface area contributed by atoms with Crippen LogP contribution >= 0.6 is 11.8 Å². The summed E-state index contributed by atoms with van der Waals surface area (Å²) in [4.78, 5) is 3.33. The Morgan fingerprint density at radius 1 is 1.53 bits per heavy atom. The van der Waals surface area contributed by atoms with Gasteiger partial charge in [-0.25, -0.2) is 13.1 Å². The van der Waals surface area contributed by atoms with E-state index in [1.165, 1.54) is 0 Å². The summed E-state index contributed by atoms with van der Waals surface area (Å²) < 4.78 is 27.1. The van der Waals surface area contributed by atoms with Gasteiger partial charge in [0, 0.05) is 36.3 Å². The summed E-state index contributed by atoms with van der Waals surface area (Å²) in [5.41, 5.74) is 0.884. The van der Waals surface area contributed by atoms with Crippen LogP contribution in [0.1, 0.15) is 26.0 Å². The zero-order chi connectivity index (χ0) is 13.9. The van der Waals surface area contributed by atoms with E-state index in [1.807, 2.05) is 0 Å². The van der Waals surface area contributed by atoms with Crippen molar-refractivity contribution in [3.05, 3.63) is 18.0 Å². The first-order valence-corrected chi connectivity index (χ1v) is 9.12. The number of rotatable bonds is 6. The molecule has 2 heterocycles. The van der Waals surface area contributed by atoms with Gasteiger partial charge in [0.05, 0.1) is 4.90 Å². The second kappa shape index (κ2) is 6.30. The summed E-state index contributed by atoms with van der Waals surface area (Å²) in [5, 5.41) is 3.25. The molecule has 1 aliphatic rings. The lowest BCUT2D eigenvalue weighted by Gasteiger charge is -2.10. The Hall–Kier alpha value is -0.500. The van der Waals surface area contributed by atoms with E-state index < -0.39 is 10.0 Å². The molecule has 19 heavy (non-hydrogen) atoms. The van der Waals surface area contributed by atoms with Crippen LogP contribution in [0.4, 0.5) is 0 Å². The van der Waals surface area contributed by atoms with Crippen molar-refractivity contribution in [2.45, 2.75) is 43.8 Å². The van der Waals surface area contributed by atoms with Crippen LogP contribution in [-0.2, 0) is 16.6 Å². The summed E-state index contributed by atoms with van der Waals surface area (Å²) in [7, 11) is -3.38. The highest BCUT2D eigenvalue weighted by molar-refractivity contribution is 7.99. The minimum absolute atomic E-state index is 0.0714. The molecule has 2 rings (SSSR count). The zero-order valence-corrected chi connectivity index (χ0v) is 12.9. The fourth-order valence-corrected chi connectivity index (χ4v) is 4.45. The molecule has 0 spiro atoms. The molecule has 0 aromatic carbocycles. The Bertz CT molecular complexity index is 505. The van der Waals surface area contributed by atoms with E-state index in [9.17, 15) is 8.42 Å². The van der Waals surface area contributed by atoms with E-state index in [0.29, 0.717) is 17.5 Å². The van der Waals surface area contributed by atoms with Gasteiger partial charge in [-0.1, -0.05) is 13.8 Å². The SMILES string of the molecule is CC(C)NCc1cc(S(=O)(=O)NC2CCSC2)c[nH]1. The number of hydrogen-bond donors (Lipinski definition) is 3. The molecule has 1 aromatic rings. The molecular weight excluding hydrogens is 282 g/mol. The maximum Gasteiger partial charge on any atom is 0.242 e. The molecule has 1 saturated heterocycles. The molecule has 1 atom stereocenters. The van der Waals surface area contributed by atoms with E-state index in [0.717, 1.165) is 23.6 Å². The lowest BCUT2D eigenvalue weighted by molar-refractivity contribution is 0.563. The van der Waals surface area contributed by atoms with Crippen molar-refractivity contribution in [2.24, 2.45) is 0 Å². The molecule has 0 bridgehead atoms. The first-order valence-electron chi connectivity index (χ1n) is 6.48. The van der Waals surface area contributed by atoms with Gasteiger partial charge in [-0.15, -0.1) is 0 Å². The summed E-state index contributed by atoms with van der Waals surface area (Å²) in [6, 6.07) is 2.14. The lowest BCUT2D eigenvalue weighted by Crippen LogP contribution is -2.34. The topological polar surface area (TPSA) is 74.0 Å². The molecule has 0 radical (unpaired) electrons. The first-order chi connectivity index (χ1) is 8.97. The molecule has 0 aliphatic carbocycles. The zero-order valence-electron chi connectivity index (χ0n) is 11.3. The number of thioether (sulfide) groups is 1. The lowest BCUT2D eigenvalue weighted by atomic mass is 10.3. The van der Waals surface area contributed by atoms with E-state index in [-0.39, 0.29) is 6.04 Å². The van der Waals surface area contributed by atoms with Crippen molar-refractivity contribution in [1.82, 2.24) is 15.0 Å². The number of aromatic nitrogens is 1. The number of nitrogens with one attached hydrogen (secondary N) is 3. The molecule has 1 fully saturated rings. The second-order valence-electron chi connectivity index (χ2n) is 5.08. The molecule has 3 N–H and O–H groups in total. The van der Waals surface area contributed by atoms with Crippen molar-refractivity contribution in [3.63, 3.8) is 0 Å². The smallest absolute Gasteiger partial charge is 0.242 e. The van der Waals surface area contributed by atoms with E-state index in [2.05, 4.69) is 28.9 Å². The van der Waals surface area contributed by atoms with Gasteiger partial charge in [-0.05, 0) is 18.2 Å². The third-order valence-electron chi connectivity index (χ3n) is 2.98. The van der Waals surface area contributed by atoms with Crippen LogP contribution in [0.3, 0.4) is 0 Å². The standard InChI is InChI=1S/C12H21N3O2S2/c1-9(2)13-6-11-5-12(7-14-11)19(16,17)15-10-3-4-18-8-10/h5,7,9-10,13-15H,3-4,6,8H2,1-2H3. The summed E-state index contributed by atoms with van der Waals surface area (Å²) in [6.07, 6.45) is 2.47. The third kappa shape index (κ3) is 4.24. The highest BCUT2D eigenvalue weighted by Gasteiger charge is 2.23. The molecule has 108 valence electrons. The van der Waals surface area contributed by atoms with Crippen molar-refractivity contribution in [2.75, 3.05) is 11.5 Å². The van der Waals surface area contributed by atoms with Gasteiger partial charge in [0.25, 0.3) is 0 Å². The highest BCUT2D eigenvalue weighted by Crippen LogP contribution is 2.20. The maximum absolute atomic E-state index is 12.2. The summed E-state index contributed by atoms with van der Waals surface area (Å²) >= 11 is 1.79. The molecule has 1 unspecified atom stereocenters. The summed E-state index contributed by atoms with van der Waals surface area (Å²) in [5.74, 6) is 1.90. The van der Waals surface area contributed by atoms with Crippen LogP contribution in [0.5, 0.6) is 0 Å². The van der Waals surface area contributed by atoms with Gasteiger partial charge in [0.2, 0.25) is 10.0 Å². The van der Waals surface area contributed by atoms with Crippen molar-refractivity contribution in [1.29, 1.82) is 0 Å². The van der Waals surface area contributed by atoms with Crippen molar-refractivity contribution in [3.8, 4) is 0 Å². The molecule has 0 saturated carbocycles. The van der Waals surface area contributed by atoms with Crippen LogP contribution in [0.15, 0.2) is 17.2 Å². The van der Waals surface area contributed by atoms with Crippen LogP contribution in [0, 0.1) is 0 Å². The fraction of sp³-hybridized carbons (Fsp3) is 0.667. The molecule has 0 amide bonds. The average molecular weight is 303 g/mol. The van der Waals surface area contributed by atoms with Crippen molar-refractivity contribution < 1.29 is 8.42 Å². The number of sulfonamides is 1. The van der Waals surface area contributed by atoms with E-state index >= 15 is 0 Å². The second-order valence-corrected chi connectivity index (χ2v) is 7.94. The first kappa shape index (κ1) is 14.9. The van der Waals surface area contributed by atoms with Gasteiger partial charge >= 0.3 is 0 Å². The minimum atomic E-state index is -3.38. The minimum Gasteiger partial charge on any atom is -0.363 e. The largest absolute Gasteiger partial charge is 0.363 e. The Kier molecular flexibility index (Phi) is 4.94. The van der Waals surface area contributed by atoms with E-state index in [4.69, 9.17) is 0 Å². The van der Waals surface area contributed by atoms with Gasteiger partial charge in [0.15, 0.2) is 0 Å². The van der Waals surface area contributed by atoms with Gasteiger partial charge in [0.1, 0.15) is 0 Å². The van der Waals surface area contributed by atoms with Gasteiger partial charge in [-0.2, -0.15) is 11.8 Å². The monoisotopic (exact) mass is 303 g/mol. The molecule has 1 aliphatic heterocycles. The third-order valence-corrected chi connectivity index (χ3v) is 5.64. The Morgan fingerprint density at radius 3 is 2.95 bits per heavy atom. The molecule has 1 aromatic heterocycles. The molecule has 7 heteroatoms. The predicted octanol–water partition coefficient (Wildman–Crippen LogP) is 1.30. The predicted molar refractivity (Wildman–Crippen MR) is 78.8 cm³/mol. The van der Waals surface area contributed by atoms with E-state index in [1.54, 1.807) is 24.0 Å². The highest BCUT2D eigenvalue weighted by atomic mass is 32.2. The number of hydrogen-bond acceptors (Lipinski definition) is 4. The normalized spacial score (nSPS) is 20.3. The average Bonchev–Trinajstić information content (AvgIpc) is 2.96. The maximum atomic E-state index is 12.2. The van der Waals surface area contributed by atoms with Gasteiger partial charge in [-0.3, -0.25) is 0 Å². The summed E-state index contributed by atoms with van der Waals surface area (Å²) in [6.45, 7) is 4.76. The fourth-order valence-electron chi connectivity index (χ4n) is 1.91. The van der Waals surface area contributed by atoms with Crippen LogP contribution in [0.2, 0.25) is 0 Å². The van der Waals surface area contributed by atoms with Gasteiger partial charge < -0.3 is 10.3 Å². The number of H-pyrrole nitrogens is 1. The van der Waals surface area contributed by atoms with Crippen LogP contribution < -0.4 is 10.0 Å². The van der Waals surface area contributed by atoms with Crippen molar-refractivity contribution >= 4 is 21.8 Å². The Balaban J connectivity index is 1.99.